The van der Waals surface area contributed by atoms with Gasteiger partial charge in [-0.1, -0.05) is 12.1 Å². The van der Waals surface area contributed by atoms with Gasteiger partial charge in [0, 0.05) is 12.6 Å². The van der Waals surface area contributed by atoms with Crippen molar-refractivity contribution in [1.82, 2.24) is 4.90 Å². The number of hydrogen-bond acceptors (Lipinski definition) is 6. The lowest BCUT2D eigenvalue weighted by atomic mass is 9.90. The zero-order chi connectivity index (χ0) is 21.8. The van der Waals surface area contributed by atoms with E-state index in [4.69, 9.17) is 18.8 Å². The van der Waals surface area contributed by atoms with Crippen LogP contribution in [0.2, 0.25) is 0 Å². The summed E-state index contributed by atoms with van der Waals surface area (Å²) in [5.41, 5.74) is -1.39. The smallest absolute Gasteiger partial charge is 0.469 e. The molecular formula is C20H36BNO6. The van der Waals surface area contributed by atoms with Crippen molar-refractivity contribution in [3.05, 3.63) is 12.1 Å². The van der Waals surface area contributed by atoms with Crippen LogP contribution in [0.25, 0.3) is 0 Å². The highest BCUT2D eigenvalue weighted by Gasteiger charge is 2.49. The first kappa shape index (κ1) is 24.5. The quantitative estimate of drug-likeness (QED) is 0.481. The standard InChI is InChI=1S/C20H36BNO6/c1-15(14-16(23)25-9)22(17(24)26-18(2,3)4)13-11-10-12-21-27-19(5,6)20(7,8)28-21/h10,12,15H,11,13-14H2,1-9H3/b12-10+/t15-/m1/s1. The van der Waals surface area contributed by atoms with Crippen molar-refractivity contribution in [2.24, 2.45) is 0 Å². The van der Waals surface area contributed by atoms with E-state index in [2.05, 4.69) is 0 Å². The second kappa shape index (κ2) is 9.31. The molecule has 0 aliphatic carbocycles. The summed E-state index contributed by atoms with van der Waals surface area (Å²) in [6.07, 6.45) is 2.16. The van der Waals surface area contributed by atoms with Crippen LogP contribution in [0.3, 0.4) is 0 Å². The van der Waals surface area contributed by atoms with Gasteiger partial charge in [0.15, 0.2) is 0 Å². The Hall–Kier alpha value is -1.54. The van der Waals surface area contributed by atoms with Gasteiger partial charge < -0.3 is 23.7 Å². The average molecular weight is 397 g/mol. The Kier molecular flexibility index (Phi) is 8.15. The first-order valence-corrected chi connectivity index (χ1v) is 9.77. The van der Waals surface area contributed by atoms with Gasteiger partial charge in [-0.05, 0) is 61.8 Å². The maximum Gasteiger partial charge on any atom is 0.486 e. The third-order valence-corrected chi connectivity index (χ3v) is 4.95. The third kappa shape index (κ3) is 7.13. The van der Waals surface area contributed by atoms with Crippen molar-refractivity contribution < 1.29 is 28.4 Å². The molecule has 160 valence electrons. The third-order valence-electron chi connectivity index (χ3n) is 4.95. The maximum atomic E-state index is 12.6. The molecule has 1 aliphatic heterocycles. The monoisotopic (exact) mass is 397 g/mol. The van der Waals surface area contributed by atoms with Crippen molar-refractivity contribution in [3.8, 4) is 0 Å². The van der Waals surface area contributed by atoms with Crippen molar-refractivity contribution >= 4 is 19.2 Å². The minimum Gasteiger partial charge on any atom is -0.469 e. The molecule has 0 aromatic heterocycles. The van der Waals surface area contributed by atoms with Crippen LogP contribution in [0.15, 0.2) is 12.1 Å². The molecule has 1 saturated heterocycles. The van der Waals surface area contributed by atoms with Crippen LogP contribution in [0.4, 0.5) is 4.79 Å². The van der Waals surface area contributed by atoms with Crippen molar-refractivity contribution in [3.63, 3.8) is 0 Å². The number of rotatable bonds is 7. The summed E-state index contributed by atoms with van der Waals surface area (Å²) in [7, 11) is 0.910. The molecule has 0 radical (unpaired) electrons. The Bertz CT molecular complexity index is 566. The van der Waals surface area contributed by atoms with E-state index in [1.54, 1.807) is 11.8 Å². The first-order chi connectivity index (χ1) is 12.7. The maximum absolute atomic E-state index is 12.6. The largest absolute Gasteiger partial charge is 0.486 e. The highest BCUT2D eigenvalue weighted by Crippen LogP contribution is 2.36. The van der Waals surface area contributed by atoms with Gasteiger partial charge in [0.2, 0.25) is 0 Å². The SMILES string of the molecule is COC(=O)C[C@@H](C)N(CC/C=C/B1OC(C)(C)C(C)(C)O1)C(=O)OC(C)(C)C. The lowest BCUT2D eigenvalue weighted by Gasteiger charge is -2.32. The molecule has 8 heteroatoms. The molecule has 7 nitrogen and oxygen atoms in total. The number of hydrogen-bond donors (Lipinski definition) is 0. The van der Waals surface area contributed by atoms with E-state index in [0.29, 0.717) is 13.0 Å². The zero-order valence-electron chi connectivity index (χ0n) is 18.8. The zero-order valence-corrected chi connectivity index (χ0v) is 18.8. The summed E-state index contributed by atoms with van der Waals surface area (Å²) >= 11 is 0. The van der Waals surface area contributed by atoms with Gasteiger partial charge in [-0.15, -0.1) is 0 Å². The van der Waals surface area contributed by atoms with Crippen molar-refractivity contribution in [2.45, 2.75) is 91.1 Å². The van der Waals surface area contributed by atoms with Gasteiger partial charge in [-0.3, -0.25) is 4.79 Å². The Labute approximate surface area is 169 Å². The second-order valence-electron chi connectivity index (χ2n) is 9.14. The molecule has 0 aromatic rings. The lowest BCUT2D eigenvalue weighted by Crippen LogP contribution is -2.43. The molecule has 28 heavy (non-hydrogen) atoms. The van der Waals surface area contributed by atoms with Gasteiger partial charge in [-0.2, -0.15) is 0 Å². The van der Waals surface area contributed by atoms with E-state index in [1.807, 2.05) is 60.5 Å². The predicted molar refractivity (Wildman–Crippen MR) is 109 cm³/mol. The summed E-state index contributed by atoms with van der Waals surface area (Å²) < 4.78 is 22.0. The average Bonchev–Trinajstić information content (AvgIpc) is 2.72. The number of ether oxygens (including phenoxy) is 2. The molecule has 0 aromatic carbocycles. The van der Waals surface area contributed by atoms with E-state index < -0.39 is 18.8 Å². The number of esters is 1. The molecule has 1 rings (SSSR count). The number of nitrogens with zero attached hydrogens (tertiary/aromatic N) is 1. The molecule has 1 aliphatic rings. The van der Waals surface area contributed by atoms with Crippen molar-refractivity contribution in [1.29, 1.82) is 0 Å². The summed E-state index contributed by atoms with van der Waals surface area (Å²) in [5.74, 6) is 1.49. The highest BCUT2D eigenvalue weighted by atomic mass is 16.7. The molecule has 0 saturated carbocycles. The van der Waals surface area contributed by atoms with E-state index in [1.165, 1.54) is 7.11 Å². The van der Waals surface area contributed by atoms with Crippen LogP contribution in [-0.4, -0.2) is 60.6 Å². The minimum atomic E-state index is -0.612. The fourth-order valence-electron chi connectivity index (χ4n) is 2.64. The minimum absolute atomic E-state index is 0.108. The molecule has 1 heterocycles. The molecule has 0 spiro atoms. The van der Waals surface area contributed by atoms with Crippen LogP contribution in [0, 0.1) is 0 Å². The Balaban J connectivity index is 2.71. The highest BCUT2D eigenvalue weighted by molar-refractivity contribution is 6.51. The summed E-state index contributed by atoms with van der Waals surface area (Å²) in [4.78, 5) is 25.7. The molecular weight excluding hydrogens is 361 g/mol. The number of amides is 1. The van der Waals surface area contributed by atoms with Crippen molar-refractivity contribution in [2.75, 3.05) is 13.7 Å². The number of carbonyl (C=O) groups is 2. The molecule has 0 unspecified atom stereocenters. The van der Waals surface area contributed by atoms with Gasteiger partial charge in [0.1, 0.15) is 5.60 Å². The van der Waals surface area contributed by atoms with Crippen LogP contribution >= 0.6 is 0 Å². The van der Waals surface area contributed by atoms with Crippen LogP contribution in [0.5, 0.6) is 0 Å². The normalized spacial score (nSPS) is 19.5. The van der Waals surface area contributed by atoms with E-state index >= 15 is 0 Å². The predicted octanol–water partition coefficient (Wildman–Crippen LogP) is 3.75. The lowest BCUT2D eigenvalue weighted by molar-refractivity contribution is -0.141. The number of carbonyl (C=O) groups excluding carboxylic acids is 2. The van der Waals surface area contributed by atoms with E-state index in [0.717, 1.165) is 0 Å². The van der Waals surface area contributed by atoms with Crippen LogP contribution in [0.1, 0.15) is 68.2 Å². The van der Waals surface area contributed by atoms with E-state index in [-0.39, 0.29) is 29.6 Å². The molecule has 1 amide bonds. The summed E-state index contributed by atoms with van der Waals surface area (Å²) in [5, 5.41) is 0. The summed E-state index contributed by atoms with van der Waals surface area (Å²) in [6, 6.07) is -0.340. The fraction of sp³-hybridized carbons (Fsp3) is 0.800. The fourth-order valence-corrected chi connectivity index (χ4v) is 2.64. The van der Waals surface area contributed by atoms with Gasteiger partial charge >= 0.3 is 19.2 Å². The molecule has 1 atom stereocenters. The van der Waals surface area contributed by atoms with Gasteiger partial charge in [-0.25, -0.2) is 4.79 Å². The second-order valence-corrected chi connectivity index (χ2v) is 9.14. The molecule has 0 N–H and O–H groups in total. The first-order valence-electron chi connectivity index (χ1n) is 9.77. The molecule has 0 bridgehead atoms. The topological polar surface area (TPSA) is 74.3 Å². The van der Waals surface area contributed by atoms with E-state index in [9.17, 15) is 9.59 Å². The Morgan fingerprint density at radius 3 is 2.14 bits per heavy atom. The van der Waals surface area contributed by atoms with Crippen LogP contribution in [-0.2, 0) is 23.6 Å². The Morgan fingerprint density at radius 2 is 1.68 bits per heavy atom. The number of methoxy groups -OCH3 is 1. The molecule has 1 fully saturated rings. The summed E-state index contributed by atoms with van der Waals surface area (Å²) in [6.45, 7) is 15.6. The van der Waals surface area contributed by atoms with Crippen LogP contribution < -0.4 is 0 Å². The Morgan fingerprint density at radius 1 is 1.14 bits per heavy atom. The van der Waals surface area contributed by atoms with Gasteiger partial charge in [0.05, 0.1) is 24.7 Å². The van der Waals surface area contributed by atoms with Gasteiger partial charge in [0.25, 0.3) is 0 Å².